The molecule has 5 nitrogen and oxygen atoms in total. The molecule has 2 aromatic rings. The summed E-state index contributed by atoms with van der Waals surface area (Å²) in [5.74, 6) is 0.619. The first-order valence-corrected chi connectivity index (χ1v) is 6.64. The van der Waals surface area contributed by atoms with E-state index in [9.17, 15) is 4.79 Å². The van der Waals surface area contributed by atoms with Crippen molar-refractivity contribution in [3.63, 3.8) is 0 Å². The summed E-state index contributed by atoms with van der Waals surface area (Å²) in [6, 6.07) is 11.5. The van der Waals surface area contributed by atoms with Crippen LogP contribution < -0.4 is 11.1 Å². The third-order valence-corrected chi connectivity index (χ3v) is 3.05. The Bertz CT molecular complexity index is 551. The first kappa shape index (κ1) is 14.3. The smallest absolute Gasteiger partial charge is 0.220 e. The van der Waals surface area contributed by atoms with Gasteiger partial charge in [0.25, 0.3) is 0 Å². The van der Waals surface area contributed by atoms with Gasteiger partial charge < -0.3 is 15.6 Å². The summed E-state index contributed by atoms with van der Waals surface area (Å²) < 4.78 is 5.02. The molecule has 0 aliphatic heterocycles. The van der Waals surface area contributed by atoms with Crippen LogP contribution in [-0.4, -0.2) is 11.1 Å². The van der Waals surface area contributed by atoms with Crippen LogP contribution in [0.3, 0.4) is 0 Å². The van der Waals surface area contributed by atoms with Crippen molar-refractivity contribution in [2.24, 2.45) is 5.73 Å². The highest BCUT2D eigenvalue weighted by Gasteiger charge is 2.09. The summed E-state index contributed by atoms with van der Waals surface area (Å²) in [6.45, 7) is 2.20. The Labute approximate surface area is 118 Å². The van der Waals surface area contributed by atoms with E-state index in [-0.39, 0.29) is 11.9 Å². The molecular weight excluding hydrogens is 254 g/mol. The second-order valence-electron chi connectivity index (χ2n) is 4.77. The number of carbonyl (C=O) groups is 1. The van der Waals surface area contributed by atoms with Crippen LogP contribution in [-0.2, 0) is 11.3 Å². The Kier molecular flexibility index (Phi) is 4.90. The first-order chi connectivity index (χ1) is 9.65. The lowest BCUT2D eigenvalue weighted by Gasteiger charge is -2.11. The van der Waals surface area contributed by atoms with Gasteiger partial charge in [0.15, 0.2) is 5.76 Å². The largest absolute Gasteiger partial charge is 0.359 e. The summed E-state index contributed by atoms with van der Waals surface area (Å²) in [7, 11) is 0. The fourth-order valence-electron chi connectivity index (χ4n) is 1.93. The zero-order valence-electron chi connectivity index (χ0n) is 11.5. The summed E-state index contributed by atoms with van der Waals surface area (Å²) in [5, 5.41) is 6.55. The van der Waals surface area contributed by atoms with E-state index in [1.165, 1.54) is 0 Å². The molecule has 0 bridgehead atoms. The molecule has 0 spiro atoms. The SMILES string of the molecule is Cc1cc(CNC(=O)CCC(N)c2ccccc2)on1. The maximum absolute atomic E-state index is 11.7. The molecule has 0 aliphatic rings. The van der Waals surface area contributed by atoms with E-state index in [4.69, 9.17) is 10.3 Å². The average Bonchev–Trinajstić information content (AvgIpc) is 2.89. The predicted octanol–water partition coefficient (Wildman–Crippen LogP) is 2.08. The highest BCUT2D eigenvalue weighted by atomic mass is 16.5. The van der Waals surface area contributed by atoms with Crippen molar-refractivity contribution in [3.8, 4) is 0 Å². The predicted molar refractivity (Wildman–Crippen MR) is 75.7 cm³/mol. The Hall–Kier alpha value is -2.14. The van der Waals surface area contributed by atoms with E-state index in [1.54, 1.807) is 6.07 Å². The summed E-state index contributed by atoms with van der Waals surface area (Å²) in [6.07, 6.45) is 1.01. The van der Waals surface area contributed by atoms with Crippen molar-refractivity contribution >= 4 is 5.91 Å². The number of amides is 1. The monoisotopic (exact) mass is 273 g/mol. The van der Waals surface area contributed by atoms with Gasteiger partial charge in [-0.2, -0.15) is 0 Å². The lowest BCUT2D eigenvalue weighted by atomic mass is 10.0. The maximum atomic E-state index is 11.7. The standard InChI is InChI=1S/C15H19N3O2/c1-11-9-13(20-18-11)10-17-15(19)8-7-14(16)12-5-3-2-4-6-12/h2-6,9,14H,7-8,10,16H2,1H3,(H,17,19). The number of nitrogens with one attached hydrogen (secondary N) is 1. The molecule has 3 N–H and O–H groups in total. The minimum atomic E-state index is -0.116. The van der Waals surface area contributed by atoms with E-state index < -0.39 is 0 Å². The second kappa shape index (κ2) is 6.86. The van der Waals surface area contributed by atoms with Crippen molar-refractivity contribution in [1.82, 2.24) is 10.5 Å². The number of aromatic nitrogens is 1. The minimum Gasteiger partial charge on any atom is -0.359 e. The van der Waals surface area contributed by atoms with E-state index in [2.05, 4.69) is 10.5 Å². The topological polar surface area (TPSA) is 81.2 Å². The van der Waals surface area contributed by atoms with Gasteiger partial charge in [0.05, 0.1) is 12.2 Å². The van der Waals surface area contributed by atoms with Crippen molar-refractivity contribution in [2.75, 3.05) is 0 Å². The van der Waals surface area contributed by atoms with Crippen LogP contribution in [0.4, 0.5) is 0 Å². The lowest BCUT2D eigenvalue weighted by molar-refractivity contribution is -0.121. The zero-order chi connectivity index (χ0) is 14.4. The van der Waals surface area contributed by atoms with Gasteiger partial charge in [-0.05, 0) is 18.9 Å². The van der Waals surface area contributed by atoms with Crippen LogP contribution >= 0.6 is 0 Å². The molecule has 0 saturated heterocycles. The molecule has 0 aliphatic carbocycles. The third-order valence-electron chi connectivity index (χ3n) is 3.05. The summed E-state index contributed by atoms with van der Waals surface area (Å²) in [4.78, 5) is 11.7. The third kappa shape index (κ3) is 4.20. The van der Waals surface area contributed by atoms with Crippen LogP contribution in [0.2, 0.25) is 0 Å². The molecule has 20 heavy (non-hydrogen) atoms. The number of hydrogen-bond acceptors (Lipinski definition) is 4. The lowest BCUT2D eigenvalue weighted by Crippen LogP contribution is -2.23. The zero-order valence-corrected chi connectivity index (χ0v) is 11.5. The molecule has 0 radical (unpaired) electrons. The fourth-order valence-corrected chi connectivity index (χ4v) is 1.93. The average molecular weight is 273 g/mol. The van der Waals surface area contributed by atoms with Gasteiger partial charge >= 0.3 is 0 Å². The molecule has 1 unspecified atom stereocenters. The van der Waals surface area contributed by atoms with Crippen molar-refractivity contribution in [1.29, 1.82) is 0 Å². The van der Waals surface area contributed by atoms with Crippen molar-refractivity contribution in [3.05, 3.63) is 53.4 Å². The molecule has 1 heterocycles. The number of rotatable bonds is 6. The molecule has 1 atom stereocenters. The molecule has 106 valence electrons. The van der Waals surface area contributed by atoms with Crippen LogP contribution in [0.15, 0.2) is 40.9 Å². The minimum absolute atomic E-state index is 0.0366. The Morgan fingerprint density at radius 1 is 1.40 bits per heavy atom. The van der Waals surface area contributed by atoms with Crippen LogP contribution in [0.25, 0.3) is 0 Å². The summed E-state index contributed by atoms with van der Waals surface area (Å²) in [5.41, 5.74) is 7.90. The number of aryl methyl sites for hydroxylation is 1. The van der Waals surface area contributed by atoms with Crippen molar-refractivity contribution < 1.29 is 9.32 Å². The van der Waals surface area contributed by atoms with E-state index in [1.807, 2.05) is 37.3 Å². The molecule has 0 saturated carbocycles. The number of hydrogen-bond donors (Lipinski definition) is 2. The van der Waals surface area contributed by atoms with E-state index >= 15 is 0 Å². The second-order valence-corrected chi connectivity index (χ2v) is 4.77. The molecule has 1 amide bonds. The number of nitrogens with two attached hydrogens (primary N) is 1. The van der Waals surface area contributed by atoms with Crippen LogP contribution in [0, 0.1) is 6.92 Å². The molecule has 1 aromatic heterocycles. The van der Waals surface area contributed by atoms with Gasteiger partial charge in [-0.3, -0.25) is 4.79 Å². The van der Waals surface area contributed by atoms with Gasteiger partial charge in [0.1, 0.15) is 0 Å². The highest BCUT2D eigenvalue weighted by Crippen LogP contribution is 2.14. The summed E-state index contributed by atoms with van der Waals surface area (Å²) >= 11 is 0. The molecule has 1 aromatic carbocycles. The Balaban J connectivity index is 1.72. The number of nitrogens with zero attached hydrogens (tertiary/aromatic N) is 1. The van der Waals surface area contributed by atoms with E-state index in [0.717, 1.165) is 11.3 Å². The molecule has 0 fully saturated rings. The Morgan fingerprint density at radius 3 is 2.80 bits per heavy atom. The normalized spacial score (nSPS) is 12.1. The quantitative estimate of drug-likeness (QED) is 0.844. The molecule has 2 rings (SSSR count). The van der Waals surface area contributed by atoms with Gasteiger partial charge in [-0.25, -0.2) is 0 Å². The van der Waals surface area contributed by atoms with Crippen LogP contribution in [0.5, 0.6) is 0 Å². The molecule has 5 heteroatoms. The van der Waals surface area contributed by atoms with Gasteiger partial charge in [-0.15, -0.1) is 0 Å². The van der Waals surface area contributed by atoms with Gasteiger partial charge in [0, 0.05) is 18.5 Å². The Morgan fingerprint density at radius 2 is 2.15 bits per heavy atom. The van der Waals surface area contributed by atoms with Gasteiger partial charge in [0.2, 0.25) is 5.91 Å². The van der Waals surface area contributed by atoms with Crippen molar-refractivity contribution in [2.45, 2.75) is 32.4 Å². The fraction of sp³-hybridized carbons (Fsp3) is 0.333. The van der Waals surface area contributed by atoms with Crippen LogP contribution in [0.1, 0.15) is 35.9 Å². The number of carbonyl (C=O) groups excluding carboxylic acids is 1. The van der Waals surface area contributed by atoms with Gasteiger partial charge in [-0.1, -0.05) is 35.5 Å². The number of benzene rings is 1. The highest BCUT2D eigenvalue weighted by molar-refractivity contribution is 5.75. The molecular formula is C15H19N3O2. The first-order valence-electron chi connectivity index (χ1n) is 6.64. The maximum Gasteiger partial charge on any atom is 0.220 e. The van der Waals surface area contributed by atoms with E-state index in [0.29, 0.717) is 25.1 Å².